The van der Waals surface area contributed by atoms with Gasteiger partial charge < -0.3 is 14.7 Å². The van der Waals surface area contributed by atoms with Crippen molar-refractivity contribution in [3.8, 4) is 0 Å². The van der Waals surface area contributed by atoms with E-state index in [4.69, 9.17) is 9.94 Å². The number of nitrogens with zero attached hydrogens (tertiary/aromatic N) is 1. The van der Waals surface area contributed by atoms with Crippen LogP contribution < -0.4 is 0 Å². The Morgan fingerprint density at radius 3 is 3.09 bits per heavy atom. The molecule has 1 aliphatic rings. The van der Waals surface area contributed by atoms with Gasteiger partial charge in [0, 0.05) is 12.8 Å². The third-order valence-electron chi connectivity index (χ3n) is 1.77. The number of aldehydes is 1. The average molecular weight is 157 g/mol. The van der Waals surface area contributed by atoms with Crippen LogP contribution in [0.3, 0.4) is 0 Å². The summed E-state index contributed by atoms with van der Waals surface area (Å²) >= 11 is 0. The van der Waals surface area contributed by atoms with Gasteiger partial charge in [-0.1, -0.05) is 5.16 Å². The molecule has 11 heavy (non-hydrogen) atoms. The number of ether oxygens (including phenoxy) is 1. The lowest BCUT2D eigenvalue weighted by Crippen LogP contribution is -2.38. The molecule has 0 aromatic carbocycles. The van der Waals surface area contributed by atoms with Gasteiger partial charge in [0.15, 0.2) is 6.29 Å². The Labute approximate surface area is 64.8 Å². The van der Waals surface area contributed by atoms with Crippen molar-refractivity contribution in [3.63, 3.8) is 0 Å². The molecule has 1 N–H and O–H groups in total. The van der Waals surface area contributed by atoms with Crippen molar-refractivity contribution < 1.29 is 14.7 Å². The Morgan fingerprint density at radius 2 is 2.55 bits per heavy atom. The van der Waals surface area contributed by atoms with Crippen LogP contribution in [0.2, 0.25) is 0 Å². The van der Waals surface area contributed by atoms with E-state index in [0.717, 1.165) is 6.29 Å². The molecule has 0 spiro atoms. The summed E-state index contributed by atoms with van der Waals surface area (Å²) in [4.78, 5) is 10.5. The predicted molar refractivity (Wildman–Crippen MR) is 38.9 cm³/mol. The van der Waals surface area contributed by atoms with Crippen molar-refractivity contribution in [2.75, 3.05) is 6.61 Å². The Kier molecular flexibility index (Phi) is 2.24. The summed E-state index contributed by atoms with van der Waals surface area (Å²) in [5.41, 5.74) is -0.148. The summed E-state index contributed by atoms with van der Waals surface area (Å²) in [5.74, 6) is 0. The van der Waals surface area contributed by atoms with Crippen LogP contribution in [-0.4, -0.2) is 29.4 Å². The van der Waals surface area contributed by atoms with Crippen molar-refractivity contribution in [1.82, 2.24) is 0 Å². The molecule has 1 atom stereocenters. The molecule has 1 heterocycles. The minimum Gasteiger partial charge on any atom is -0.411 e. The molecular weight excluding hydrogens is 146 g/mol. The first kappa shape index (κ1) is 8.20. The second-order valence-electron chi connectivity index (χ2n) is 2.87. The molecule has 0 aliphatic carbocycles. The van der Waals surface area contributed by atoms with Crippen LogP contribution in [0.15, 0.2) is 5.16 Å². The lowest BCUT2D eigenvalue weighted by Gasteiger charge is -2.28. The van der Waals surface area contributed by atoms with Crippen LogP contribution in [0.4, 0.5) is 0 Å². The highest BCUT2D eigenvalue weighted by Gasteiger charge is 2.30. The predicted octanol–water partition coefficient (Wildman–Crippen LogP) is 0.585. The standard InChI is InChI=1S/C7H11NO3/c1-7(5-9)4-6(8-10)2-3-11-7/h5,10H,2-4H2,1H3. The number of hydrogen-bond donors (Lipinski definition) is 1. The third-order valence-corrected chi connectivity index (χ3v) is 1.77. The second kappa shape index (κ2) is 3.00. The van der Waals surface area contributed by atoms with Crippen molar-refractivity contribution in [1.29, 1.82) is 0 Å². The minimum absolute atomic E-state index is 0.396. The van der Waals surface area contributed by atoms with Crippen LogP contribution in [0.25, 0.3) is 0 Å². The Hall–Kier alpha value is -0.900. The lowest BCUT2D eigenvalue weighted by atomic mass is 9.96. The zero-order chi connectivity index (χ0) is 8.32. The zero-order valence-corrected chi connectivity index (χ0v) is 6.41. The van der Waals surface area contributed by atoms with Gasteiger partial charge in [-0.2, -0.15) is 0 Å². The summed E-state index contributed by atoms with van der Waals surface area (Å²) < 4.78 is 5.19. The number of hydrogen-bond acceptors (Lipinski definition) is 4. The molecule has 4 heteroatoms. The van der Waals surface area contributed by atoms with Gasteiger partial charge in [0.2, 0.25) is 0 Å². The lowest BCUT2D eigenvalue weighted by molar-refractivity contribution is -0.129. The van der Waals surface area contributed by atoms with E-state index in [1.807, 2.05) is 0 Å². The summed E-state index contributed by atoms with van der Waals surface area (Å²) in [5, 5.41) is 11.5. The normalized spacial score (nSPS) is 35.5. The van der Waals surface area contributed by atoms with Crippen LogP contribution in [0.1, 0.15) is 19.8 Å². The summed E-state index contributed by atoms with van der Waals surface area (Å²) in [6.45, 7) is 2.14. The zero-order valence-electron chi connectivity index (χ0n) is 6.41. The highest BCUT2D eigenvalue weighted by molar-refractivity contribution is 5.88. The maximum absolute atomic E-state index is 10.5. The van der Waals surface area contributed by atoms with Gasteiger partial charge >= 0.3 is 0 Å². The van der Waals surface area contributed by atoms with Crippen LogP contribution in [-0.2, 0) is 9.53 Å². The van der Waals surface area contributed by atoms with E-state index in [-0.39, 0.29) is 0 Å². The Morgan fingerprint density at radius 1 is 1.82 bits per heavy atom. The summed E-state index contributed by atoms with van der Waals surface area (Å²) in [6, 6.07) is 0. The van der Waals surface area contributed by atoms with Gasteiger partial charge in [0.05, 0.1) is 12.3 Å². The molecular formula is C7H11NO3. The second-order valence-corrected chi connectivity index (χ2v) is 2.87. The molecule has 1 unspecified atom stereocenters. The first-order valence-electron chi connectivity index (χ1n) is 3.50. The van der Waals surface area contributed by atoms with E-state index in [2.05, 4.69) is 5.16 Å². The number of carbonyl (C=O) groups is 1. The first-order valence-corrected chi connectivity index (χ1v) is 3.50. The van der Waals surface area contributed by atoms with Gasteiger partial charge in [-0.3, -0.25) is 0 Å². The molecule has 0 amide bonds. The quantitative estimate of drug-likeness (QED) is 0.344. The van der Waals surface area contributed by atoms with E-state index in [1.165, 1.54) is 0 Å². The monoisotopic (exact) mass is 157 g/mol. The SMILES string of the molecule is CC1(C=O)CC(=NO)CCO1. The molecule has 1 fully saturated rings. The van der Waals surface area contributed by atoms with E-state index in [9.17, 15) is 4.79 Å². The van der Waals surface area contributed by atoms with Gasteiger partial charge in [-0.15, -0.1) is 0 Å². The molecule has 4 nitrogen and oxygen atoms in total. The Balaban J connectivity index is 2.66. The van der Waals surface area contributed by atoms with Crippen molar-refractivity contribution in [2.24, 2.45) is 5.16 Å². The minimum atomic E-state index is -0.778. The molecule has 62 valence electrons. The largest absolute Gasteiger partial charge is 0.411 e. The smallest absolute Gasteiger partial charge is 0.151 e. The van der Waals surface area contributed by atoms with E-state index >= 15 is 0 Å². The van der Waals surface area contributed by atoms with Gasteiger partial charge in [0.25, 0.3) is 0 Å². The maximum atomic E-state index is 10.5. The van der Waals surface area contributed by atoms with Gasteiger partial charge in [-0.25, -0.2) is 0 Å². The fourth-order valence-electron chi connectivity index (χ4n) is 1.11. The van der Waals surface area contributed by atoms with Gasteiger partial charge in [0.1, 0.15) is 5.60 Å². The molecule has 0 saturated carbocycles. The average Bonchev–Trinajstić information content (AvgIpc) is 2.05. The van der Waals surface area contributed by atoms with Crippen LogP contribution in [0.5, 0.6) is 0 Å². The topological polar surface area (TPSA) is 58.9 Å². The summed E-state index contributed by atoms with van der Waals surface area (Å²) in [6.07, 6.45) is 1.75. The molecule has 1 saturated heterocycles. The van der Waals surface area contributed by atoms with Crippen LogP contribution in [0, 0.1) is 0 Å². The summed E-state index contributed by atoms with van der Waals surface area (Å²) in [7, 11) is 0. The van der Waals surface area contributed by atoms with Crippen molar-refractivity contribution >= 4 is 12.0 Å². The molecule has 0 bridgehead atoms. The molecule has 1 rings (SSSR count). The van der Waals surface area contributed by atoms with Crippen LogP contribution >= 0.6 is 0 Å². The molecule has 1 aliphatic heterocycles. The maximum Gasteiger partial charge on any atom is 0.151 e. The number of carbonyl (C=O) groups excluding carboxylic acids is 1. The van der Waals surface area contributed by atoms with Crippen molar-refractivity contribution in [3.05, 3.63) is 0 Å². The van der Waals surface area contributed by atoms with E-state index in [1.54, 1.807) is 6.92 Å². The number of oxime groups is 1. The fraction of sp³-hybridized carbons (Fsp3) is 0.714. The molecule has 0 aromatic heterocycles. The Bertz CT molecular complexity index is 190. The van der Waals surface area contributed by atoms with Gasteiger partial charge in [-0.05, 0) is 6.92 Å². The molecule has 0 aromatic rings. The number of rotatable bonds is 1. The van der Waals surface area contributed by atoms with Crippen molar-refractivity contribution in [2.45, 2.75) is 25.4 Å². The fourth-order valence-corrected chi connectivity index (χ4v) is 1.11. The highest BCUT2D eigenvalue weighted by Crippen LogP contribution is 2.20. The molecule has 0 radical (unpaired) electrons. The first-order chi connectivity index (χ1) is 5.20. The third kappa shape index (κ3) is 1.77. The van der Waals surface area contributed by atoms with E-state index < -0.39 is 5.60 Å². The van der Waals surface area contributed by atoms with E-state index in [0.29, 0.717) is 25.2 Å². The highest BCUT2D eigenvalue weighted by atomic mass is 16.5.